The van der Waals surface area contributed by atoms with Gasteiger partial charge in [-0.1, -0.05) is 62.1 Å². The largest absolute Gasteiger partial charge is 0.455 e. The standard InChI is InChI=1S/C41H35N5O.CH4/c1-4-13-27(5-2)45-26-41(23-9-10-24-42-41)38-35(45)22-20-29-28-19-21-34-37(39(28)47-40(29)38)30-14-6-7-16-32(30)46(34)36-18-12-15-31(43-36)33-17-8-11-25-44(33)3;/h4-12,14-22,24,27H,1-2,13,23,25-26H2,3H3;1H4. The number of hydrogen-bond donors (Lipinski definition) is 0. The van der Waals surface area contributed by atoms with Gasteiger partial charge in [0.1, 0.15) is 22.5 Å². The van der Waals surface area contributed by atoms with Gasteiger partial charge in [-0.3, -0.25) is 9.56 Å². The van der Waals surface area contributed by atoms with Gasteiger partial charge in [-0.05, 0) is 67.5 Å². The predicted octanol–water partition coefficient (Wildman–Crippen LogP) is 9.73. The summed E-state index contributed by atoms with van der Waals surface area (Å²) in [5, 5.41) is 4.46. The molecule has 3 aliphatic rings. The molecule has 0 bridgehead atoms. The van der Waals surface area contributed by atoms with Gasteiger partial charge in [0.15, 0.2) is 0 Å². The van der Waals surface area contributed by atoms with Gasteiger partial charge >= 0.3 is 0 Å². The highest BCUT2D eigenvalue weighted by molar-refractivity contribution is 6.24. The minimum Gasteiger partial charge on any atom is -0.455 e. The summed E-state index contributed by atoms with van der Waals surface area (Å²) in [5.41, 5.74) is 7.93. The summed E-state index contributed by atoms with van der Waals surface area (Å²) in [7, 11) is 2.11. The first-order valence-electron chi connectivity index (χ1n) is 16.3. The monoisotopic (exact) mass is 629 g/mol. The van der Waals surface area contributed by atoms with Gasteiger partial charge < -0.3 is 14.2 Å². The number of fused-ring (bicyclic) bond motifs is 10. The number of pyridine rings is 1. The van der Waals surface area contributed by atoms with Crippen molar-refractivity contribution < 1.29 is 4.42 Å². The van der Waals surface area contributed by atoms with Crippen molar-refractivity contribution in [3.63, 3.8) is 0 Å². The van der Waals surface area contributed by atoms with Crippen molar-refractivity contribution in [1.29, 1.82) is 0 Å². The smallest absolute Gasteiger partial charge is 0.145 e. The molecule has 3 aromatic carbocycles. The molecule has 6 heterocycles. The number of benzene rings is 3. The predicted molar refractivity (Wildman–Crippen MR) is 202 cm³/mol. The van der Waals surface area contributed by atoms with Crippen molar-refractivity contribution in [3.05, 3.63) is 134 Å². The average Bonchev–Trinajstić information content (AvgIpc) is 3.75. The number of anilines is 1. The molecule has 6 aromatic rings. The Bertz CT molecular complexity index is 2400. The van der Waals surface area contributed by atoms with Crippen LogP contribution < -0.4 is 4.90 Å². The van der Waals surface area contributed by atoms with E-state index in [1.165, 1.54) is 0 Å². The van der Waals surface area contributed by atoms with Gasteiger partial charge in [0.2, 0.25) is 0 Å². The fraction of sp³-hybridized carbons (Fsp3) is 0.190. The molecule has 48 heavy (non-hydrogen) atoms. The zero-order valence-electron chi connectivity index (χ0n) is 26.4. The highest BCUT2D eigenvalue weighted by Crippen LogP contribution is 2.52. The number of allylic oxidation sites excluding steroid dienone is 3. The normalized spacial score (nSPS) is 19.0. The summed E-state index contributed by atoms with van der Waals surface area (Å²) < 4.78 is 9.39. The van der Waals surface area contributed by atoms with Crippen molar-refractivity contribution in [3.8, 4) is 5.82 Å². The maximum absolute atomic E-state index is 7.12. The number of hydrogen-bond acceptors (Lipinski definition) is 5. The Morgan fingerprint density at radius 3 is 2.58 bits per heavy atom. The Labute approximate surface area is 281 Å². The van der Waals surface area contributed by atoms with Crippen molar-refractivity contribution in [2.45, 2.75) is 31.8 Å². The Hall–Kier alpha value is -5.62. The van der Waals surface area contributed by atoms with Crippen LogP contribution in [0.25, 0.3) is 55.3 Å². The first-order valence-corrected chi connectivity index (χ1v) is 16.3. The SMILES string of the molecule is C.C=CCC(C=C)N1CC2(CC=CC=N2)c2c1ccc1c2oc2c1ccc1c2c2ccccc2n1-c1cccc(C2=CC=CCN2C)n1. The molecule has 3 aromatic heterocycles. The zero-order chi connectivity index (χ0) is 31.7. The second-order valence-electron chi connectivity index (χ2n) is 12.8. The number of para-hydroxylation sites is 1. The summed E-state index contributed by atoms with van der Waals surface area (Å²) >= 11 is 0. The highest BCUT2D eigenvalue weighted by atomic mass is 16.3. The third-order valence-corrected chi connectivity index (χ3v) is 10.1. The molecule has 0 saturated carbocycles. The van der Waals surface area contributed by atoms with E-state index in [1.54, 1.807) is 0 Å². The van der Waals surface area contributed by atoms with E-state index < -0.39 is 5.54 Å². The van der Waals surface area contributed by atoms with Gasteiger partial charge in [0, 0.05) is 53.8 Å². The molecule has 0 radical (unpaired) electrons. The minimum absolute atomic E-state index is 0. The number of furan rings is 1. The molecule has 0 saturated heterocycles. The molecule has 0 N–H and O–H groups in total. The molecule has 238 valence electrons. The molecule has 0 fully saturated rings. The van der Waals surface area contributed by atoms with Crippen LogP contribution in [0.3, 0.4) is 0 Å². The van der Waals surface area contributed by atoms with Gasteiger partial charge in [-0.15, -0.1) is 13.2 Å². The molecular formula is C42H39N5O. The van der Waals surface area contributed by atoms with Crippen molar-refractivity contribution in [2.24, 2.45) is 4.99 Å². The van der Waals surface area contributed by atoms with Crippen molar-refractivity contribution >= 4 is 61.3 Å². The number of aromatic nitrogens is 2. The van der Waals surface area contributed by atoms with E-state index in [1.807, 2.05) is 24.4 Å². The lowest BCUT2D eigenvalue weighted by molar-refractivity contribution is 0.466. The number of nitrogens with zero attached hydrogens (tertiary/aromatic N) is 5. The van der Waals surface area contributed by atoms with E-state index in [0.29, 0.717) is 0 Å². The molecule has 0 aliphatic carbocycles. The van der Waals surface area contributed by atoms with Crippen molar-refractivity contribution in [2.75, 3.05) is 25.0 Å². The van der Waals surface area contributed by atoms with Gasteiger partial charge in [0.25, 0.3) is 0 Å². The maximum Gasteiger partial charge on any atom is 0.145 e. The van der Waals surface area contributed by atoms with E-state index in [4.69, 9.17) is 14.4 Å². The Kier molecular flexibility index (Phi) is 6.99. The molecule has 6 heteroatoms. The number of likely N-dealkylation sites (N-methyl/N-ethyl adjacent to an activating group) is 1. The average molecular weight is 630 g/mol. The van der Waals surface area contributed by atoms with Crippen molar-refractivity contribution in [1.82, 2.24) is 14.5 Å². The summed E-state index contributed by atoms with van der Waals surface area (Å²) in [6.45, 7) is 9.82. The number of aliphatic imine (C=N–C) groups is 1. The van der Waals surface area contributed by atoms with Crippen LogP contribution in [-0.2, 0) is 5.54 Å². The van der Waals surface area contributed by atoms with Crippen LogP contribution in [0.4, 0.5) is 5.69 Å². The van der Waals surface area contributed by atoms with Gasteiger partial charge in [0.05, 0.1) is 33.9 Å². The van der Waals surface area contributed by atoms with Crippen LogP contribution in [0.5, 0.6) is 0 Å². The molecule has 2 atom stereocenters. The first-order chi connectivity index (χ1) is 23.1. The number of rotatable bonds is 6. The summed E-state index contributed by atoms with van der Waals surface area (Å²) in [6.07, 6.45) is 18.2. The highest BCUT2D eigenvalue weighted by Gasteiger charge is 2.46. The molecule has 3 aliphatic heterocycles. The summed E-state index contributed by atoms with van der Waals surface area (Å²) in [5.74, 6) is 0.879. The number of dihydropyridines is 1. The molecule has 6 nitrogen and oxygen atoms in total. The lowest BCUT2D eigenvalue weighted by Crippen LogP contribution is -2.38. The van der Waals surface area contributed by atoms with Crippen LogP contribution in [0.15, 0.2) is 132 Å². The minimum atomic E-state index is -0.423. The Balaban J connectivity index is 0.00000336. The zero-order valence-corrected chi connectivity index (χ0v) is 26.4. The van der Waals surface area contributed by atoms with E-state index in [0.717, 1.165) is 98.1 Å². The molecule has 9 rings (SSSR count). The van der Waals surface area contributed by atoms with Crippen LogP contribution in [-0.4, -0.2) is 46.8 Å². The quantitative estimate of drug-likeness (QED) is 0.172. The molecular weight excluding hydrogens is 590 g/mol. The van der Waals surface area contributed by atoms with Crippen LogP contribution in [0, 0.1) is 0 Å². The van der Waals surface area contributed by atoms with Gasteiger partial charge in [-0.2, -0.15) is 0 Å². The first kappa shape index (κ1) is 29.8. The molecule has 2 unspecified atom stereocenters. The van der Waals surface area contributed by atoms with Gasteiger partial charge in [-0.25, -0.2) is 4.98 Å². The van der Waals surface area contributed by atoms with Crippen LogP contribution in [0.1, 0.15) is 31.5 Å². The second-order valence-corrected chi connectivity index (χ2v) is 12.8. The Morgan fingerprint density at radius 1 is 0.917 bits per heavy atom. The molecule has 0 amide bonds. The molecule has 1 spiro atoms. The third-order valence-electron chi connectivity index (χ3n) is 10.1. The second kappa shape index (κ2) is 11.3. The van der Waals surface area contributed by atoms with Crippen LogP contribution >= 0.6 is 0 Å². The van der Waals surface area contributed by atoms with Crippen LogP contribution in [0.2, 0.25) is 0 Å². The third kappa shape index (κ3) is 4.18. The summed E-state index contributed by atoms with van der Waals surface area (Å²) in [4.78, 5) is 15.0. The lowest BCUT2D eigenvalue weighted by atomic mass is 9.86. The van der Waals surface area contributed by atoms with E-state index in [-0.39, 0.29) is 13.5 Å². The van der Waals surface area contributed by atoms with E-state index >= 15 is 0 Å². The maximum atomic E-state index is 7.12. The topological polar surface area (TPSA) is 49.8 Å². The van der Waals surface area contributed by atoms with E-state index in [9.17, 15) is 0 Å². The Morgan fingerprint density at radius 2 is 1.77 bits per heavy atom. The lowest BCUT2D eigenvalue weighted by Gasteiger charge is -2.30. The summed E-state index contributed by atoms with van der Waals surface area (Å²) in [6, 6.07) is 23.9. The fourth-order valence-electron chi connectivity index (χ4n) is 7.95. The van der Waals surface area contributed by atoms with E-state index in [2.05, 4.69) is 126 Å². The fourth-order valence-corrected chi connectivity index (χ4v) is 7.95.